The fourth-order valence-corrected chi connectivity index (χ4v) is 4.87. The summed E-state index contributed by atoms with van der Waals surface area (Å²) in [5.74, 6) is -0.763. The van der Waals surface area contributed by atoms with Crippen molar-refractivity contribution >= 4 is 40.6 Å². The van der Waals surface area contributed by atoms with E-state index in [2.05, 4.69) is 40.8 Å². The van der Waals surface area contributed by atoms with Crippen LogP contribution < -0.4 is 20.7 Å². The lowest BCUT2D eigenvalue weighted by atomic mass is 10.1. The first-order valence-corrected chi connectivity index (χ1v) is 14.3. The van der Waals surface area contributed by atoms with Gasteiger partial charge in [0.05, 0.1) is 29.7 Å². The molecule has 0 aliphatic carbocycles. The van der Waals surface area contributed by atoms with E-state index in [1.807, 2.05) is 0 Å². The summed E-state index contributed by atoms with van der Waals surface area (Å²) in [6.45, 7) is 5.89. The van der Waals surface area contributed by atoms with Crippen molar-refractivity contribution < 1.29 is 27.5 Å². The first-order chi connectivity index (χ1) is 22.0. The zero-order valence-corrected chi connectivity index (χ0v) is 25.4. The van der Waals surface area contributed by atoms with Crippen molar-refractivity contribution in [2.24, 2.45) is 0 Å². The molecule has 12 nitrogen and oxygen atoms in total. The molecule has 0 atom stereocenters. The molecular weight excluding hydrogens is 603 g/mol. The Morgan fingerprint density at radius 2 is 1.74 bits per heavy atom. The van der Waals surface area contributed by atoms with Gasteiger partial charge in [-0.05, 0) is 42.3 Å². The van der Waals surface area contributed by atoms with E-state index in [4.69, 9.17) is 4.74 Å². The van der Waals surface area contributed by atoms with Gasteiger partial charge in [-0.2, -0.15) is 18.2 Å². The Morgan fingerprint density at radius 1 is 0.957 bits per heavy atom. The largest absolute Gasteiger partial charge is 0.481 e. The maximum absolute atomic E-state index is 14.0. The monoisotopic (exact) mass is 635 g/mol. The van der Waals surface area contributed by atoms with E-state index in [-0.39, 0.29) is 23.2 Å². The quantitative estimate of drug-likeness (QED) is 0.230. The second kappa shape index (κ2) is 13.8. The molecule has 5 rings (SSSR count). The van der Waals surface area contributed by atoms with Crippen LogP contribution in [0, 0.1) is 6.92 Å². The lowest BCUT2D eigenvalue weighted by Gasteiger charge is -2.34. The number of nitrogens with zero attached hydrogens (tertiary/aromatic N) is 6. The molecule has 0 radical (unpaired) electrons. The average molecular weight is 636 g/mol. The summed E-state index contributed by atoms with van der Waals surface area (Å²) in [5.41, 5.74) is 1.97. The molecule has 4 aromatic rings. The Morgan fingerprint density at radius 3 is 2.41 bits per heavy atom. The van der Waals surface area contributed by atoms with Crippen LogP contribution in [0.5, 0.6) is 5.88 Å². The van der Waals surface area contributed by atoms with Gasteiger partial charge in [0.15, 0.2) is 0 Å². The van der Waals surface area contributed by atoms with E-state index in [9.17, 15) is 22.8 Å². The molecule has 0 unspecified atom stereocenters. The molecule has 1 saturated heterocycles. The van der Waals surface area contributed by atoms with Crippen LogP contribution in [0.2, 0.25) is 0 Å². The van der Waals surface area contributed by atoms with Crippen LogP contribution in [0.4, 0.5) is 42.0 Å². The van der Waals surface area contributed by atoms with Gasteiger partial charge >= 0.3 is 6.18 Å². The van der Waals surface area contributed by atoms with Crippen LogP contribution in [-0.2, 0) is 17.5 Å². The number of methoxy groups -OCH3 is 1. The highest BCUT2D eigenvalue weighted by Gasteiger charge is 2.35. The summed E-state index contributed by atoms with van der Waals surface area (Å²) in [6, 6.07) is 10.1. The Balaban J connectivity index is 1.34. The zero-order valence-electron chi connectivity index (χ0n) is 25.4. The standard InChI is InChI=1S/C31H32F3N9O3/c1-19-15-36-27(46-3)14-25(19)40-30-37-17-23(31(32,33)34)28(41-30)39-24-7-6-21(13-26(24)38-20(2)44)18-42-9-11-43(12-10-42)29(45)22-5-4-8-35-16-22/h4-8,13-17H,9-12,18H2,1-3H3,(H,38,44)(H2,36,37,39,40,41). The fourth-order valence-electron chi connectivity index (χ4n) is 4.87. The number of carbonyl (C=O) groups excluding carboxylic acids is 2. The zero-order chi connectivity index (χ0) is 32.8. The van der Waals surface area contributed by atoms with E-state index in [0.717, 1.165) is 5.56 Å². The molecular formula is C31H32F3N9O3. The molecule has 1 fully saturated rings. The molecule has 0 saturated carbocycles. The molecule has 240 valence electrons. The highest BCUT2D eigenvalue weighted by atomic mass is 19.4. The van der Waals surface area contributed by atoms with Crippen molar-refractivity contribution in [3.63, 3.8) is 0 Å². The minimum absolute atomic E-state index is 0.0759. The van der Waals surface area contributed by atoms with Gasteiger partial charge in [-0.15, -0.1) is 0 Å². The molecule has 1 aliphatic heterocycles. The highest BCUT2D eigenvalue weighted by molar-refractivity contribution is 5.94. The number of halogens is 3. The molecule has 1 aromatic carbocycles. The van der Waals surface area contributed by atoms with Crippen molar-refractivity contribution in [2.45, 2.75) is 26.6 Å². The van der Waals surface area contributed by atoms with Crippen LogP contribution in [-0.4, -0.2) is 74.8 Å². The number of carbonyl (C=O) groups is 2. The van der Waals surface area contributed by atoms with Crippen LogP contribution in [0.3, 0.4) is 0 Å². The number of aryl methyl sites for hydroxylation is 1. The second-order valence-electron chi connectivity index (χ2n) is 10.6. The van der Waals surface area contributed by atoms with Gasteiger partial charge in [-0.25, -0.2) is 9.97 Å². The topological polar surface area (TPSA) is 138 Å². The molecule has 4 heterocycles. The number of hydrogen-bond acceptors (Lipinski definition) is 10. The molecule has 3 aromatic heterocycles. The van der Waals surface area contributed by atoms with E-state index in [1.165, 1.54) is 14.0 Å². The van der Waals surface area contributed by atoms with Gasteiger partial charge in [0, 0.05) is 70.5 Å². The number of hydrogen-bond donors (Lipinski definition) is 3. The number of aromatic nitrogens is 4. The predicted octanol–water partition coefficient (Wildman–Crippen LogP) is 5.01. The minimum atomic E-state index is -4.76. The smallest absolute Gasteiger partial charge is 0.421 e. The lowest BCUT2D eigenvalue weighted by Crippen LogP contribution is -2.48. The van der Waals surface area contributed by atoms with Gasteiger partial charge in [0.25, 0.3) is 5.91 Å². The summed E-state index contributed by atoms with van der Waals surface area (Å²) in [6.07, 6.45) is 0.643. The van der Waals surface area contributed by atoms with E-state index < -0.39 is 23.5 Å². The fraction of sp³-hybridized carbons (Fsp3) is 0.290. The first-order valence-electron chi connectivity index (χ1n) is 14.3. The van der Waals surface area contributed by atoms with Crippen LogP contribution >= 0.6 is 0 Å². The maximum Gasteiger partial charge on any atom is 0.421 e. The van der Waals surface area contributed by atoms with Crippen molar-refractivity contribution in [3.05, 3.63) is 83.4 Å². The lowest BCUT2D eigenvalue weighted by molar-refractivity contribution is -0.137. The summed E-state index contributed by atoms with van der Waals surface area (Å²) < 4.78 is 47.2. The molecule has 1 aliphatic rings. The average Bonchev–Trinajstić information content (AvgIpc) is 3.03. The third kappa shape index (κ3) is 7.85. The highest BCUT2D eigenvalue weighted by Crippen LogP contribution is 2.37. The number of ether oxygens (including phenoxy) is 1. The van der Waals surface area contributed by atoms with Gasteiger partial charge in [-0.1, -0.05) is 6.07 Å². The first kappa shape index (κ1) is 32.1. The van der Waals surface area contributed by atoms with Crippen molar-refractivity contribution in [3.8, 4) is 5.88 Å². The minimum Gasteiger partial charge on any atom is -0.481 e. The molecule has 3 N–H and O–H groups in total. The summed E-state index contributed by atoms with van der Waals surface area (Å²) in [4.78, 5) is 44.9. The van der Waals surface area contributed by atoms with Gasteiger partial charge in [0.2, 0.25) is 17.7 Å². The Kier molecular flexibility index (Phi) is 9.61. The summed E-state index contributed by atoms with van der Waals surface area (Å²) in [5, 5.41) is 8.38. The third-order valence-electron chi connectivity index (χ3n) is 7.25. The molecule has 2 amide bonds. The van der Waals surface area contributed by atoms with E-state index in [0.29, 0.717) is 61.6 Å². The number of rotatable bonds is 9. The number of benzene rings is 1. The molecule has 46 heavy (non-hydrogen) atoms. The SMILES string of the molecule is COc1cc(Nc2ncc(C(F)(F)F)c(Nc3ccc(CN4CCN(C(=O)c5cccnc5)CC4)cc3NC(C)=O)n2)c(C)cn1. The Bertz CT molecular complexity index is 1710. The van der Waals surface area contributed by atoms with Crippen LogP contribution in [0.1, 0.15) is 34.0 Å². The molecule has 0 spiro atoms. The second-order valence-corrected chi connectivity index (χ2v) is 10.6. The Hall–Kier alpha value is -5.31. The Labute approximate surface area is 263 Å². The third-order valence-corrected chi connectivity index (χ3v) is 7.25. The van der Waals surface area contributed by atoms with Crippen LogP contribution in [0.15, 0.2) is 61.2 Å². The number of piperazine rings is 1. The maximum atomic E-state index is 14.0. The van der Waals surface area contributed by atoms with Crippen molar-refractivity contribution in [2.75, 3.05) is 49.2 Å². The van der Waals surface area contributed by atoms with Crippen LogP contribution in [0.25, 0.3) is 0 Å². The number of anilines is 5. The van der Waals surface area contributed by atoms with Gasteiger partial charge in [-0.3, -0.25) is 19.5 Å². The number of nitrogens with one attached hydrogen (secondary N) is 3. The summed E-state index contributed by atoms with van der Waals surface area (Å²) in [7, 11) is 1.45. The van der Waals surface area contributed by atoms with Crippen molar-refractivity contribution in [1.82, 2.24) is 29.7 Å². The number of amides is 2. The van der Waals surface area contributed by atoms with Gasteiger partial charge < -0.3 is 25.6 Å². The summed E-state index contributed by atoms with van der Waals surface area (Å²) >= 11 is 0. The van der Waals surface area contributed by atoms with Gasteiger partial charge in [0.1, 0.15) is 11.4 Å². The molecule has 15 heteroatoms. The van der Waals surface area contributed by atoms with E-state index in [1.54, 1.807) is 66.8 Å². The normalized spacial score (nSPS) is 13.7. The number of alkyl halides is 3. The predicted molar refractivity (Wildman–Crippen MR) is 165 cm³/mol. The molecule has 0 bridgehead atoms. The van der Waals surface area contributed by atoms with E-state index >= 15 is 0 Å². The van der Waals surface area contributed by atoms with Crippen molar-refractivity contribution in [1.29, 1.82) is 0 Å². The number of pyridine rings is 2.